The molecule has 0 radical (unpaired) electrons. The Labute approximate surface area is 200 Å². The summed E-state index contributed by atoms with van der Waals surface area (Å²) < 4.78 is 1.98. The Morgan fingerprint density at radius 3 is 2.70 bits per heavy atom. The number of benzene rings is 1. The van der Waals surface area contributed by atoms with E-state index in [0.29, 0.717) is 37.5 Å². The van der Waals surface area contributed by atoms with E-state index in [9.17, 15) is 14.4 Å². The van der Waals surface area contributed by atoms with Crippen LogP contribution in [-0.4, -0.2) is 76.5 Å². The number of rotatable bonds is 11. The zero-order valence-corrected chi connectivity index (χ0v) is 19.7. The summed E-state index contributed by atoms with van der Waals surface area (Å²) >= 11 is 2.74. The van der Waals surface area contributed by atoms with Crippen LogP contribution >= 0.6 is 23.3 Å². The smallest absolute Gasteiger partial charge is 0.240 e. The summed E-state index contributed by atoms with van der Waals surface area (Å²) in [5.41, 5.74) is 10.7. The number of carbonyl (C=O) groups excluding carboxylic acids is 3. The fourth-order valence-corrected chi connectivity index (χ4v) is 4.80. The van der Waals surface area contributed by atoms with Gasteiger partial charge in [0.15, 0.2) is 11.0 Å². The van der Waals surface area contributed by atoms with Crippen molar-refractivity contribution in [3.8, 4) is 0 Å². The van der Waals surface area contributed by atoms with Crippen LogP contribution in [0.3, 0.4) is 0 Å². The minimum atomic E-state index is -0.761. The molecule has 2 amide bonds. The van der Waals surface area contributed by atoms with Crippen molar-refractivity contribution in [1.82, 2.24) is 19.5 Å². The van der Waals surface area contributed by atoms with Crippen molar-refractivity contribution in [2.24, 2.45) is 16.5 Å². The number of ketones is 1. The number of piperazine rings is 1. The molecule has 3 rings (SSSR count). The molecule has 10 nitrogen and oxygen atoms in total. The van der Waals surface area contributed by atoms with Gasteiger partial charge in [0, 0.05) is 36.1 Å². The molecule has 1 aromatic carbocycles. The molecule has 5 N–H and O–H groups in total. The molecule has 0 spiro atoms. The van der Waals surface area contributed by atoms with E-state index in [1.807, 2.05) is 34.6 Å². The van der Waals surface area contributed by atoms with E-state index in [-0.39, 0.29) is 36.6 Å². The van der Waals surface area contributed by atoms with Crippen LogP contribution in [0.5, 0.6) is 0 Å². The molecular formula is C21H27N7O3S2. The summed E-state index contributed by atoms with van der Waals surface area (Å²) in [5.74, 6) is -0.803. The standard InChI is InChI=1S/C21H27N7O3S2/c22-21(23)25-8-4-7-16(19(31)20-24-9-12-32-20)26-17(29)13-27-10-11-28(14-18(27)30)33-15-5-2-1-3-6-15/h1-3,5-6,9,12,16H,4,7-8,10-11,13-14H2,(H,26,29)(H4,22,23,25)/t16-/m0/s1. The second-order valence-corrected chi connectivity index (χ2v) is 9.42. The van der Waals surface area contributed by atoms with Crippen molar-refractivity contribution in [2.45, 2.75) is 23.8 Å². The van der Waals surface area contributed by atoms with Gasteiger partial charge >= 0.3 is 0 Å². The van der Waals surface area contributed by atoms with Crippen molar-refractivity contribution in [1.29, 1.82) is 0 Å². The van der Waals surface area contributed by atoms with Crippen LogP contribution in [0.15, 0.2) is 51.8 Å². The molecule has 1 aromatic heterocycles. The van der Waals surface area contributed by atoms with Gasteiger partial charge in [0.2, 0.25) is 17.6 Å². The number of Topliss-reactive ketones (excluding diaryl/α,β-unsaturated/α-hetero) is 1. The number of aromatic nitrogens is 1. The van der Waals surface area contributed by atoms with Crippen molar-refractivity contribution in [3.05, 3.63) is 46.9 Å². The molecule has 1 atom stereocenters. The lowest BCUT2D eigenvalue weighted by molar-refractivity contribution is -0.138. The minimum Gasteiger partial charge on any atom is -0.370 e. The molecule has 1 aliphatic rings. The molecular weight excluding hydrogens is 462 g/mol. The van der Waals surface area contributed by atoms with Crippen LogP contribution in [0.2, 0.25) is 0 Å². The van der Waals surface area contributed by atoms with Crippen LogP contribution in [0.4, 0.5) is 0 Å². The maximum atomic E-state index is 12.8. The van der Waals surface area contributed by atoms with E-state index >= 15 is 0 Å². The molecule has 1 saturated heterocycles. The number of thiazole rings is 1. The second kappa shape index (κ2) is 12.3. The van der Waals surface area contributed by atoms with Gasteiger partial charge in [-0.3, -0.25) is 19.4 Å². The lowest BCUT2D eigenvalue weighted by Crippen LogP contribution is -2.52. The third-order valence-electron chi connectivity index (χ3n) is 4.84. The number of nitrogens with one attached hydrogen (secondary N) is 1. The molecule has 0 aliphatic carbocycles. The minimum absolute atomic E-state index is 0.0232. The van der Waals surface area contributed by atoms with Crippen LogP contribution in [0.25, 0.3) is 0 Å². The maximum Gasteiger partial charge on any atom is 0.240 e. The van der Waals surface area contributed by atoms with Gasteiger partial charge in [0.1, 0.15) is 0 Å². The number of hydrogen-bond donors (Lipinski definition) is 3. The summed E-state index contributed by atoms with van der Waals surface area (Å²) in [6, 6.07) is 9.06. The highest BCUT2D eigenvalue weighted by molar-refractivity contribution is 7.97. The molecule has 0 saturated carbocycles. The van der Waals surface area contributed by atoms with Gasteiger partial charge < -0.3 is 21.7 Å². The van der Waals surface area contributed by atoms with Gasteiger partial charge in [0.05, 0.1) is 19.1 Å². The monoisotopic (exact) mass is 489 g/mol. The van der Waals surface area contributed by atoms with Gasteiger partial charge in [-0.1, -0.05) is 18.2 Å². The molecule has 1 fully saturated rings. The Kier molecular flexibility index (Phi) is 9.22. The van der Waals surface area contributed by atoms with Gasteiger partial charge in [-0.2, -0.15) is 0 Å². The van der Waals surface area contributed by atoms with E-state index in [4.69, 9.17) is 11.5 Å². The highest BCUT2D eigenvalue weighted by Crippen LogP contribution is 2.23. The van der Waals surface area contributed by atoms with Crippen molar-refractivity contribution in [3.63, 3.8) is 0 Å². The van der Waals surface area contributed by atoms with E-state index in [0.717, 1.165) is 4.90 Å². The van der Waals surface area contributed by atoms with Gasteiger partial charge in [-0.15, -0.1) is 11.3 Å². The largest absolute Gasteiger partial charge is 0.370 e. The first-order valence-corrected chi connectivity index (χ1v) is 12.1. The third-order valence-corrected chi connectivity index (χ3v) is 6.68. The maximum absolute atomic E-state index is 12.8. The zero-order valence-electron chi connectivity index (χ0n) is 18.1. The first-order chi connectivity index (χ1) is 15.9. The van der Waals surface area contributed by atoms with Crippen LogP contribution in [-0.2, 0) is 9.59 Å². The average Bonchev–Trinajstić information content (AvgIpc) is 3.33. The van der Waals surface area contributed by atoms with E-state index in [1.165, 1.54) is 28.2 Å². The van der Waals surface area contributed by atoms with Crippen molar-refractivity contribution in [2.75, 3.05) is 32.7 Å². The van der Waals surface area contributed by atoms with Gasteiger partial charge in [-0.05, 0) is 36.9 Å². The highest BCUT2D eigenvalue weighted by Gasteiger charge is 2.28. The summed E-state index contributed by atoms with van der Waals surface area (Å²) in [4.78, 5) is 48.6. The Bertz CT molecular complexity index is 966. The van der Waals surface area contributed by atoms with Crippen LogP contribution in [0, 0.1) is 0 Å². The molecule has 33 heavy (non-hydrogen) atoms. The normalized spacial score (nSPS) is 15.2. The Morgan fingerprint density at radius 2 is 2.03 bits per heavy atom. The second-order valence-electron chi connectivity index (χ2n) is 7.35. The number of guanidine groups is 1. The van der Waals surface area contributed by atoms with E-state index in [1.54, 1.807) is 11.6 Å². The Balaban J connectivity index is 1.52. The third kappa shape index (κ3) is 7.84. The first-order valence-electron chi connectivity index (χ1n) is 10.5. The van der Waals surface area contributed by atoms with Gasteiger partial charge in [-0.25, -0.2) is 9.29 Å². The molecule has 176 valence electrons. The molecule has 1 aliphatic heterocycles. The molecule has 2 heterocycles. The summed E-state index contributed by atoms with van der Waals surface area (Å²) in [6.45, 7) is 1.53. The Morgan fingerprint density at radius 1 is 1.24 bits per heavy atom. The topological polar surface area (TPSA) is 147 Å². The average molecular weight is 490 g/mol. The lowest BCUT2D eigenvalue weighted by atomic mass is 10.1. The Hall–Kier alpha value is -2.96. The number of hydrogen-bond acceptors (Lipinski definition) is 8. The van der Waals surface area contributed by atoms with Gasteiger partial charge in [0.25, 0.3) is 0 Å². The molecule has 0 bridgehead atoms. The SMILES string of the molecule is NC(N)=NCCC[C@H](NC(=O)CN1CCN(Sc2ccccc2)CC1=O)C(=O)c1nccs1. The number of nitrogens with zero attached hydrogens (tertiary/aromatic N) is 4. The summed E-state index contributed by atoms with van der Waals surface area (Å²) in [6.07, 6.45) is 2.41. The number of aliphatic imine (C=N–C) groups is 1. The molecule has 12 heteroatoms. The number of carbonyl (C=O) groups is 3. The predicted molar refractivity (Wildman–Crippen MR) is 129 cm³/mol. The van der Waals surface area contributed by atoms with E-state index in [2.05, 4.69) is 15.3 Å². The predicted octanol–water partition coefficient (Wildman–Crippen LogP) is 0.716. The van der Waals surface area contributed by atoms with Crippen molar-refractivity contribution < 1.29 is 14.4 Å². The highest BCUT2D eigenvalue weighted by atomic mass is 32.2. The number of amides is 2. The quantitative estimate of drug-likeness (QED) is 0.137. The zero-order chi connectivity index (χ0) is 23.6. The lowest BCUT2D eigenvalue weighted by Gasteiger charge is -2.33. The fraction of sp³-hybridized carbons (Fsp3) is 0.381. The first kappa shape index (κ1) is 24.7. The fourth-order valence-electron chi connectivity index (χ4n) is 3.24. The molecule has 2 aromatic rings. The van der Waals surface area contributed by atoms with Crippen molar-refractivity contribution >= 4 is 46.8 Å². The summed E-state index contributed by atoms with van der Waals surface area (Å²) in [7, 11) is 0. The van der Waals surface area contributed by atoms with Crippen LogP contribution in [0.1, 0.15) is 22.6 Å². The molecule has 0 unspecified atom stereocenters. The van der Waals surface area contributed by atoms with Crippen LogP contribution < -0.4 is 16.8 Å². The summed E-state index contributed by atoms with van der Waals surface area (Å²) in [5, 5.41) is 4.80. The number of nitrogens with two attached hydrogens (primary N) is 2. The van der Waals surface area contributed by atoms with E-state index < -0.39 is 6.04 Å².